The Hall–Kier alpha value is -1.45. The fourth-order valence-corrected chi connectivity index (χ4v) is 2.56. The van der Waals surface area contributed by atoms with Crippen LogP contribution in [-0.4, -0.2) is 44.0 Å². The first kappa shape index (κ1) is 15.9. The number of nitrogens with one attached hydrogen (secondary N) is 1. The number of hydrogen-bond acceptors (Lipinski definition) is 6. The van der Waals surface area contributed by atoms with E-state index in [1.54, 1.807) is 0 Å². The molecule has 0 saturated carbocycles. The average Bonchev–Trinajstić information content (AvgIpc) is 2.67. The molecular weight excluding hydrogens is 310 g/mol. The molecule has 0 aliphatic carbocycles. The van der Waals surface area contributed by atoms with Crippen molar-refractivity contribution in [2.45, 2.75) is 37.6 Å². The van der Waals surface area contributed by atoms with Crippen LogP contribution in [0, 0.1) is 0 Å². The van der Waals surface area contributed by atoms with Gasteiger partial charge in [-0.05, 0) is 6.92 Å². The molecular formula is C10H13FN2O7P+. The summed E-state index contributed by atoms with van der Waals surface area (Å²) >= 11 is 0. The third kappa shape index (κ3) is 3.25. The Morgan fingerprint density at radius 1 is 1.57 bits per heavy atom. The summed E-state index contributed by atoms with van der Waals surface area (Å²) in [6.07, 6.45) is -6.42. The third-order valence-electron chi connectivity index (χ3n) is 3.02. The minimum Gasteiger partial charge on any atom is -0.391 e. The highest BCUT2D eigenvalue weighted by Crippen LogP contribution is 2.38. The van der Waals surface area contributed by atoms with Gasteiger partial charge in [0.25, 0.3) is 5.56 Å². The van der Waals surface area contributed by atoms with Crippen molar-refractivity contribution in [2.75, 3.05) is 0 Å². The molecule has 11 heteroatoms. The second kappa shape index (κ2) is 6.12. The van der Waals surface area contributed by atoms with Crippen LogP contribution < -0.4 is 11.2 Å². The van der Waals surface area contributed by atoms with E-state index in [-0.39, 0.29) is 0 Å². The summed E-state index contributed by atoms with van der Waals surface area (Å²) in [6.45, 7) is 1.29. The number of alkyl halides is 1. The standard InChI is InChI=1S/C10H12FN2O7P/c1-4(14)7-8(20-21(17)18)6(11)9(19-7)13-3-2-5(15)12-10(13)16/h2-4,6-9,14H,1H3,(H-,12,15,16,17,18)/p+1/t4-,6?,7?,8?,9?/m0/s1. The van der Waals surface area contributed by atoms with E-state index in [2.05, 4.69) is 4.52 Å². The first-order chi connectivity index (χ1) is 9.81. The summed E-state index contributed by atoms with van der Waals surface area (Å²) in [4.78, 5) is 33.3. The van der Waals surface area contributed by atoms with Crippen LogP contribution >= 0.6 is 8.25 Å². The summed E-state index contributed by atoms with van der Waals surface area (Å²) in [5, 5.41) is 9.54. The second-order valence-electron chi connectivity index (χ2n) is 4.50. The smallest absolute Gasteiger partial charge is 0.391 e. The monoisotopic (exact) mass is 323 g/mol. The number of aliphatic hydroxyl groups excluding tert-OH is 1. The number of halogens is 1. The largest absolute Gasteiger partial charge is 0.695 e. The molecule has 0 bridgehead atoms. The molecule has 2 rings (SSSR count). The Morgan fingerprint density at radius 2 is 2.24 bits per heavy atom. The quantitative estimate of drug-likeness (QED) is 0.617. The SMILES string of the molecule is C[C@H](O)C1OC(n2ccc(=O)[nH]c2=O)C(F)C1O[P+](=O)O. The molecule has 1 aliphatic heterocycles. The van der Waals surface area contributed by atoms with Gasteiger partial charge in [0.05, 0.1) is 6.10 Å². The molecule has 1 aromatic rings. The lowest BCUT2D eigenvalue weighted by Gasteiger charge is -2.17. The zero-order chi connectivity index (χ0) is 15.7. The molecule has 3 N–H and O–H groups in total. The van der Waals surface area contributed by atoms with Crippen molar-refractivity contribution in [3.63, 3.8) is 0 Å². The van der Waals surface area contributed by atoms with Crippen LogP contribution in [0.3, 0.4) is 0 Å². The predicted molar refractivity (Wildman–Crippen MR) is 66.5 cm³/mol. The molecule has 2 heterocycles. The Kier molecular flexibility index (Phi) is 4.64. The molecule has 0 amide bonds. The summed E-state index contributed by atoms with van der Waals surface area (Å²) in [6, 6.07) is 0.996. The first-order valence-electron chi connectivity index (χ1n) is 5.93. The first-order valence-corrected chi connectivity index (χ1v) is 7.06. The second-order valence-corrected chi connectivity index (χ2v) is 5.19. The number of hydrogen-bond donors (Lipinski definition) is 3. The summed E-state index contributed by atoms with van der Waals surface area (Å²) in [5.41, 5.74) is -1.57. The molecule has 6 atom stereocenters. The topological polar surface area (TPSA) is 131 Å². The number of aromatic amines is 1. The highest BCUT2D eigenvalue weighted by Gasteiger charge is 2.53. The minimum atomic E-state index is -3.12. The summed E-state index contributed by atoms with van der Waals surface area (Å²) in [5.74, 6) is 0. The molecule has 1 fully saturated rings. The summed E-state index contributed by atoms with van der Waals surface area (Å²) < 4.78 is 35.6. The molecule has 21 heavy (non-hydrogen) atoms. The van der Waals surface area contributed by atoms with Crippen molar-refractivity contribution in [3.8, 4) is 0 Å². The van der Waals surface area contributed by atoms with Gasteiger partial charge in [0.1, 0.15) is 6.10 Å². The highest BCUT2D eigenvalue weighted by molar-refractivity contribution is 7.32. The maximum atomic E-state index is 14.3. The van der Waals surface area contributed by atoms with Crippen molar-refractivity contribution in [2.24, 2.45) is 0 Å². The third-order valence-corrected chi connectivity index (χ3v) is 3.44. The fraction of sp³-hybridized carbons (Fsp3) is 0.600. The van der Waals surface area contributed by atoms with Gasteiger partial charge in [0.2, 0.25) is 0 Å². The van der Waals surface area contributed by atoms with E-state index in [4.69, 9.17) is 9.63 Å². The van der Waals surface area contributed by atoms with Gasteiger partial charge in [0.15, 0.2) is 18.5 Å². The van der Waals surface area contributed by atoms with E-state index in [9.17, 15) is 23.7 Å². The van der Waals surface area contributed by atoms with Crippen molar-refractivity contribution >= 4 is 8.25 Å². The number of nitrogens with zero attached hydrogens (tertiary/aromatic N) is 1. The molecule has 1 saturated heterocycles. The van der Waals surface area contributed by atoms with Gasteiger partial charge < -0.3 is 9.84 Å². The molecule has 0 aromatic carbocycles. The van der Waals surface area contributed by atoms with Gasteiger partial charge in [0, 0.05) is 16.8 Å². The van der Waals surface area contributed by atoms with E-state index >= 15 is 0 Å². The van der Waals surface area contributed by atoms with Crippen LogP contribution in [0.15, 0.2) is 21.9 Å². The molecule has 9 nitrogen and oxygen atoms in total. The maximum absolute atomic E-state index is 14.3. The highest BCUT2D eigenvalue weighted by atomic mass is 31.1. The summed E-state index contributed by atoms with van der Waals surface area (Å²) in [7, 11) is -3.12. The number of rotatable bonds is 4. The predicted octanol–water partition coefficient (Wildman–Crippen LogP) is -0.812. The lowest BCUT2D eigenvalue weighted by molar-refractivity contribution is -0.0756. The zero-order valence-electron chi connectivity index (χ0n) is 10.7. The van der Waals surface area contributed by atoms with E-state index in [1.807, 2.05) is 4.98 Å². The molecule has 5 unspecified atom stereocenters. The fourth-order valence-electron chi connectivity index (χ4n) is 2.11. The van der Waals surface area contributed by atoms with Crippen LogP contribution in [0.4, 0.5) is 4.39 Å². The van der Waals surface area contributed by atoms with Crippen molar-refractivity contribution in [3.05, 3.63) is 33.1 Å². The molecule has 1 aromatic heterocycles. The maximum Gasteiger partial charge on any atom is 0.695 e. The van der Waals surface area contributed by atoms with Gasteiger partial charge in [-0.2, -0.15) is 0 Å². The van der Waals surface area contributed by atoms with Gasteiger partial charge >= 0.3 is 13.9 Å². The van der Waals surface area contributed by atoms with Gasteiger partial charge in [-0.3, -0.25) is 14.3 Å². The molecule has 1 aliphatic rings. The van der Waals surface area contributed by atoms with Gasteiger partial charge in [-0.25, -0.2) is 9.18 Å². The zero-order valence-corrected chi connectivity index (χ0v) is 11.6. The lowest BCUT2D eigenvalue weighted by Crippen LogP contribution is -2.37. The van der Waals surface area contributed by atoms with E-state index in [0.717, 1.165) is 16.8 Å². The lowest BCUT2D eigenvalue weighted by atomic mass is 10.1. The van der Waals surface area contributed by atoms with Crippen molar-refractivity contribution < 1.29 is 28.2 Å². The van der Waals surface area contributed by atoms with Gasteiger partial charge in [-0.15, -0.1) is 9.42 Å². The van der Waals surface area contributed by atoms with Crippen LogP contribution in [0.1, 0.15) is 13.2 Å². The molecule has 0 radical (unpaired) electrons. The van der Waals surface area contributed by atoms with Crippen LogP contribution in [0.2, 0.25) is 0 Å². The normalized spacial score (nSPS) is 31.1. The molecule has 116 valence electrons. The molecule has 0 spiro atoms. The Balaban J connectivity index is 2.35. The Bertz CT molecular complexity index is 645. The van der Waals surface area contributed by atoms with Crippen LogP contribution in [0.25, 0.3) is 0 Å². The van der Waals surface area contributed by atoms with Crippen molar-refractivity contribution in [1.29, 1.82) is 0 Å². The van der Waals surface area contributed by atoms with Crippen LogP contribution in [-0.2, 0) is 13.8 Å². The number of aliphatic hydroxyl groups is 1. The van der Waals surface area contributed by atoms with E-state index < -0.39 is 50.2 Å². The number of ether oxygens (including phenoxy) is 1. The van der Waals surface area contributed by atoms with E-state index in [1.165, 1.54) is 6.92 Å². The number of H-pyrrole nitrogens is 1. The average molecular weight is 323 g/mol. The van der Waals surface area contributed by atoms with Crippen LogP contribution in [0.5, 0.6) is 0 Å². The Morgan fingerprint density at radius 3 is 2.76 bits per heavy atom. The number of aromatic nitrogens is 2. The minimum absolute atomic E-state index is 0.664. The van der Waals surface area contributed by atoms with E-state index in [0.29, 0.717) is 0 Å². The Labute approximate surface area is 117 Å². The van der Waals surface area contributed by atoms with Crippen molar-refractivity contribution in [1.82, 2.24) is 9.55 Å². The van der Waals surface area contributed by atoms with Gasteiger partial charge in [-0.1, -0.05) is 0 Å².